The Morgan fingerprint density at radius 2 is 2.62 bits per heavy atom. The van der Waals surface area contributed by atoms with E-state index >= 15 is 0 Å². The van der Waals surface area contributed by atoms with Gasteiger partial charge in [-0.3, -0.25) is 0 Å². The Kier molecular flexibility index (Phi) is 1.59. The van der Waals surface area contributed by atoms with Crippen molar-refractivity contribution in [2.24, 2.45) is 0 Å². The third-order valence-electron chi connectivity index (χ3n) is 0.397. The minimum absolute atomic E-state index is 0.317. The number of allylic oxidation sites excluding steroid dienone is 1. The largest absolute Gasteiger partial charge is 0.501 e. The number of hydrogen-bond donors (Lipinski definition) is 2. The highest BCUT2D eigenvalue weighted by Gasteiger charge is 1.89. The summed E-state index contributed by atoms with van der Waals surface area (Å²) in [5, 5.41) is 11.7. The van der Waals surface area contributed by atoms with Gasteiger partial charge in [-0.2, -0.15) is 0 Å². The van der Waals surface area contributed by atoms with Gasteiger partial charge < -0.3 is 10.2 Å². The second kappa shape index (κ2) is 2.69. The smallest absolute Gasteiger partial charge is 0.332 e. The molecule has 0 aromatic carbocycles. The number of hydrogen-bond acceptors (Lipinski definition) is 2. The van der Waals surface area contributed by atoms with Crippen LogP contribution in [0, 0.1) is 12.3 Å². The number of carboxylic acid groups (broad SMARTS) is 1. The van der Waals surface area contributed by atoms with Gasteiger partial charge in [-0.1, -0.05) is 0 Å². The summed E-state index contributed by atoms with van der Waals surface area (Å²) >= 11 is 0. The maximum atomic E-state index is 9.79. The van der Waals surface area contributed by atoms with Crippen molar-refractivity contribution in [3.8, 4) is 12.3 Å². The van der Waals surface area contributed by atoms with Crippen molar-refractivity contribution in [2.75, 3.05) is 0 Å². The van der Waals surface area contributed by atoms with Crippen molar-refractivity contribution in [3.05, 3.63) is 11.8 Å². The molecule has 0 spiro atoms. The fraction of sp³-hybridized carbons (Fsp3) is 0. The van der Waals surface area contributed by atoms with Gasteiger partial charge >= 0.3 is 5.97 Å². The fourth-order valence-corrected chi connectivity index (χ4v) is 0.154. The highest BCUT2D eigenvalue weighted by atomic mass is 16.4. The van der Waals surface area contributed by atoms with E-state index in [-0.39, 0.29) is 5.76 Å². The molecule has 0 aromatic rings. The maximum absolute atomic E-state index is 9.79. The second-order valence-electron chi connectivity index (χ2n) is 0.991. The molecule has 3 nitrogen and oxygen atoms in total. The van der Waals surface area contributed by atoms with Crippen LogP contribution in [0.1, 0.15) is 0 Å². The molecular weight excluding hydrogens is 108 g/mol. The van der Waals surface area contributed by atoms with Crippen molar-refractivity contribution in [1.82, 2.24) is 0 Å². The molecule has 0 saturated carbocycles. The van der Waals surface area contributed by atoms with Gasteiger partial charge in [0.05, 0.1) is 6.08 Å². The zero-order valence-corrected chi connectivity index (χ0v) is 3.92. The van der Waals surface area contributed by atoms with Crippen LogP contribution in [0.2, 0.25) is 0 Å². The van der Waals surface area contributed by atoms with E-state index in [4.69, 9.17) is 13.0 Å². The Morgan fingerprint density at radius 1 is 2.00 bits per heavy atom. The third kappa shape index (κ3) is 2.79. The van der Waals surface area contributed by atoms with Gasteiger partial charge in [-0.25, -0.2) is 4.79 Å². The van der Waals surface area contributed by atoms with Crippen LogP contribution in [-0.4, -0.2) is 16.2 Å². The molecule has 0 fully saturated rings. The lowest BCUT2D eigenvalue weighted by molar-refractivity contribution is -0.131. The molecular formula is C5H4O3. The number of aliphatic hydroxyl groups excluding tert-OH is 1. The van der Waals surface area contributed by atoms with E-state index in [1.54, 1.807) is 0 Å². The number of aliphatic hydroxyl groups is 1. The normalized spacial score (nSPS) is 11.4. The van der Waals surface area contributed by atoms with Gasteiger partial charge in [0.2, 0.25) is 0 Å². The first-order valence-electron chi connectivity index (χ1n) is 2.16. The first-order valence-corrected chi connectivity index (χ1v) is 1.75. The quantitative estimate of drug-likeness (QED) is 0.304. The van der Waals surface area contributed by atoms with Crippen LogP contribution in [0.25, 0.3) is 1.43 Å². The number of carbonyl (C=O) groups is 1. The summed E-state index contributed by atoms with van der Waals surface area (Å²) in [7, 11) is 0. The Labute approximate surface area is 47.8 Å². The molecule has 0 bridgehead atoms. The van der Waals surface area contributed by atoms with Crippen molar-refractivity contribution in [3.63, 3.8) is 0 Å². The van der Waals surface area contributed by atoms with Gasteiger partial charge in [-0.05, 0) is 5.92 Å². The topological polar surface area (TPSA) is 57.5 Å². The summed E-state index contributed by atoms with van der Waals surface area (Å²) < 4.78 is 6.18. The molecule has 0 amide bonds. The Morgan fingerprint density at radius 3 is 2.75 bits per heavy atom. The van der Waals surface area contributed by atoms with Crippen molar-refractivity contribution >= 4 is 5.97 Å². The number of terminal acetylenes is 1. The van der Waals surface area contributed by atoms with Crippen LogP contribution in [0.4, 0.5) is 0 Å². The minimum Gasteiger partial charge on any atom is -0.501 e. The molecule has 42 valence electrons. The van der Waals surface area contributed by atoms with E-state index in [9.17, 15) is 4.79 Å². The predicted molar refractivity (Wildman–Crippen MR) is 27.2 cm³/mol. The first kappa shape index (κ1) is 4.72. The van der Waals surface area contributed by atoms with Crippen molar-refractivity contribution in [1.29, 1.82) is 1.43 Å². The van der Waals surface area contributed by atoms with Crippen LogP contribution in [0.15, 0.2) is 11.8 Å². The lowest BCUT2D eigenvalue weighted by atomic mass is 10.5. The summed E-state index contributed by atoms with van der Waals surface area (Å²) in [6.07, 6.45) is 5.34. The molecule has 3 heteroatoms. The SMILES string of the molecule is [2H]O/C(C#C)=C\C(=O)O. The second-order valence-corrected chi connectivity index (χ2v) is 0.991. The predicted octanol–water partition coefficient (Wildman–Crippen LogP) is 0.146. The summed E-state index contributed by atoms with van der Waals surface area (Å²) in [6.45, 7) is 0. The van der Waals surface area contributed by atoms with E-state index in [1.165, 1.54) is 0 Å². The highest BCUT2D eigenvalue weighted by Crippen LogP contribution is 1.81. The number of aliphatic carboxylic acids is 1. The maximum Gasteiger partial charge on any atom is 0.332 e. The summed E-state index contributed by atoms with van der Waals surface area (Å²) in [6, 6.07) is 0. The van der Waals surface area contributed by atoms with Crippen LogP contribution in [0.3, 0.4) is 0 Å². The summed E-state index contributed by atoms with van der Waals surface area (Å²) in [5.74, 6) is 0.310. The molecule has 0 atom stereocenters. The molecule has 0 rings (SSSR count). The van der Waals surface area contributed by atoms with E-state index in [1.807, 2.05) is 5.92 Å². The van der Waals surface area contributed by atoms with E-state index < -0.39 is 5.97 Å². The Hall–Kier alpha value is -1.43. The number of carboxylic acids is 1. The molecule has 0 unspecified atom stereocenters. The van der Waals surface area contributed by atoms with Crippen LogP contribution in [0.5, 0.6) is 0 Å². The Balaban J connectivity index is 4.13. The number of rotatable bonds is 2. The van der Waals surface area contributed by atoms with Crippen molar-refractivity contribution in [2.45, 2.75) is 0 Å². The van der Waals surface area contributed by atoms with Gasteiger partial charge in [0.1, 0.15) is 0 Å². The molecule has 0 heterocycles. The molecule has 0 aromatic heterocycles. The standard InChI is InChI=1S/C5H4O3/c1-2-4(6)3-5(7)8/h1,3,6H,(H,7,8)/b4-3-/i/hD. The first-order chi connectivity index (χ1) is 4.20. The lowest BCUT2D eigenvalue weighted by Gasteiger charge is -1.79. The van der Waals surface area contributed by atoms with Gasteiger partial charge in [-0.15, -0.1) is 6.42 Å². The molecule has 0 saturated heterocycles. The van der Waals surface area contributed by atoms with E-state index in [0.29, 0.717) is 6.08 Å². The minimum atomic E-state index is -1.23. The average molecular weight is 113 g/mol. The molecule has 0 aliphatic rings. The van der Waals surface area contributed by atoms with Gasteiger partial charge in [0.25, 0.3) is 1.43 Å². The Bertz CT molecular complexity index is 177. The zero-order valence-electron chi connectivity index (χ0n) is 4.92. The van der Waals surface area contributed by atoms with Gasteiger partial charge in [0, 0.05) is 0 Å². The summed E-state index contributed by atoms with van der Waals surface area (Å²) in [5.41, 5.74) is 0. The van der Waals surface area contributed by atoms with Crippen LogP contribution in [-0.2, 0) is 4.79 Å². The molecule has 0 radical (unpaired) electrons. The van der Waals surface area contributed by atoms with E-state index in [0.717, 1.165) is 0 Å². The van der Waals surface area contributed by atoms with Gasteiger partial charge in [0.15, 0.2) is 5.76 Å². The highest BCUT2D eigenvalue weighted by molar-refractivity contribution is 5.81. The summed E-state index contributed by atoms with van der Waals surface area (Å²) in [4.78, 5) is 9.79. The zero-order chi connectivity index (χ0) is 7.28. The molecule has 0 aliphatic heterocycles. The van der Waals surface area contributed by atoms with Crippen LogP contribution < -0.4 is 0 Å². The molecule has 0 aliphatic carbocycles. The third-order valence-corrected chi connectivity index (χ3v) is 0.397. The molecule has 2 N–H and O–H groups in total. The van der Waals surface area contributed by atoms with Crippen LogP contribution >= 0.6 is 0 Å². The molecule has 8 heavy (non-hydrogen) atoms. The average Bonchev–Trinajstić information content (AvgIpc) is 1.82. The van der Waals surface area contributed by atoms with E-state index in [2.05, 4.69) is 5.11 Å². The fourth-order valence-electron chi connectivity index (χ4n) is 0.154. The monoisotopic (exact) mass is 113 g/mol. The lowest BCUT2D eigenvalue weighted by Crippen LogP contribution is -1.89. The van der Waals surface area contributed by atoms with Crippen molar-refractivity contribution < 1.29 is 15.0 Å².